The van der Waals surface area contributed by atoms with Crippen molar-refractivity contribution in [2.24, 2.45) is 0 Å². The summed E-state index contributed by atoms with van der Waals surface area (Å²) in [5.41, 5.74) is 2.77. The third kappa shape index (κ3) is 3.15. The Bertz CT molecular complexity index is 518. The summed E-state index contributed by atoms with van der Waals surface area (Å²) in [5, 5.41) is 3.98. The minimum atomic E-state index is -0.427. The summed E-state index contributed by atoms with van der Waals surface area (Å²) in [6.07, 6.45) is 0. The molecular weight excluding hydrogens is 272 g/mol. The molecule has 0 radical (unpaired) electrons. The molecule has 0 aromatic heterocycles. The van der Waals surface area contributed by atoms with Gasteiger partial charge in [0.05, 0.1) is 5.02 Å². The highest BCUT2D eigenvalue weighted by molar-refractivity contribution is 6.31. The van der Waals surface area contributed by atoms with Crippen LogP contribution < -0.4 is 5.32 Å². The predicted molar refractivity (Wildman–Crippen MR) is 74.9 cm³/mol. The van der Waals surface area contributed by atoms with Gasteiger partial charge in [0.1, 0.15) is 5.82 Å². The number of hydrogen-bond acceptors (Lipinski definition) is 1. The Labute approximate surface area is 116 Å². The van der Waals surface area contributed by atoms with Crippen LogP contribution in [0.2, 0.25) is 10.0 Å². The molecule has 0 spiro atoms. The number of halogens is 3. The van der Waals surface area contributed by atoms with Gasteiger partial charge >= 0.3 is 0 Å². The second kappa shape index (κ2) is 5.59. The van der Waals surface area contributed by atoms with E-state index >= 15 is 0 Å². The lowest BCUT2D eigenvalue weighted by molar-refractivity contribution is 0.628. The molecule has 0 saturated heterocycles. The molecule has 0 fully saturated rings. The van der Waals surface area contributed by atoms with Crippen molar-refractivity contribution < 1.29 is 4.39 Å². The van der Waals surface area contributed by atoms with Crippen LogP contribution in [0.25, 0.3) is 0 Å². The lowest BCUT2D eigenvalue weighted by Gasteiger charge is -2.08. The van der Waals surface area contributed by atoms with E-state index in [-0.39, 0.29) is 5.02 Å². The summed E-state index contributed by atoms with van der Waals surface area (Å²) in [4.78, 5) is 0. The van der Waals surface area contributed by atoms with Crippen molar-refractivity contribution in [2.75, 3.05) is 5.32 Å². The Balaban J connectivity index is 2.06. The van der Waals surface area contributed by atoms with Gasteiger partial charge in [0, 0.05) is 17.3 Å². The second-order valence-corrected chi connectivity index (χ2v) is 4.88. The molecule has 2 rings (SSSR count). The zero-order valence-electron chi connectivity index (χ0n) is 9.81. The second-order valence-electron chi connectivity index (χ2n) is 4.07. The van der Waals surface area contributed by atoms with Gasteiger partial charge in [0.2, 0.25) is 0 Å². The summed E-state index contributed by atoms with van der Waals surface area (Å²) >= 11 is 11.7. The monoisotopic (exact) mass is 283 g/mol. The molecule has 0 atom stereocenters. The number of rotatable bonds is 3. The van der Waals surface area contributed by atoms with Gasteiger partial charge in [-0.05, 0) is 42.3 Å². The summed E-state index contributed by atoms with van der Waals surface area (Å²) in [6, 6.07) is 10.5. The molecule has 18 heavy (non-hydrogen) atoms. The minimum Gasteiger partial charge on any atom is -0.381 e. The fraction of sp³-hybridized carbons (Fsp3) is 0.143. The number of benzene rings is 2. The quantitative estimate of drug-likeness (QED) is 0.831. The molecule has 1 N–H and O–H groups in total. The number of hydrogen-bond donors (Lipinski definition) is 1. The molecule has 4 heteroatoms. The van der Waals surface area contributed by atoms with E-state index in [0.717, 1.165) is 16.1 Å². The fourth-order valence-electron chi connectivity index (χ4n) is 1.56. The van der Waals surface area contributed by atoms with Crippen LogP contribution in [0.15, 0.2) is 36.4 Å². The average molecular weight is 284 g/mol. The number of nitrogens with one attached hydrogen (secondary N) is 1. The predicted octanol–water partition coefficient (Wildman–Crippen LogP) is 5.05. The van der Waals surface area contributed by atoms with Crippen molar-refractivity contribution in [3.63, 3.8) is 0 Å². The fourth-order valence-corrected chi connectivity index (χ4v) is 1.88. The molecule has 0 unspecified atom stereocenters. The van der Waals surface area contributed by atoms with Crippen molar-refractivity contribution >= 4 is 28.9 Å². The van der Waals surface area contributed by atoms with Gasteiger partial charge in [-0.25, -0.2) is 4.39 Å². The van der Waals surface area contributed by atoms with Crippen molar-refractivity contribution in [3.8, 4) is 0 Å². The third-order valence-electron chi connectivity index (χ3n) is 2.65. The smallest absolute Gasteiger partial charge is 0.143 e. The number of anilines is 1. The number of aryl methyl sites for hydroxylation is 1. The molecule has 0 aliphatic rings. The van der Waals surface area contributed by atoms with Crippen LogP contribution in [0.3, 0.4) is 0 Å². The minimum absolute atomic E-state index is 0.124. The van der Waals surface area contributed by atoms with E-state index in [9.17, 15) is 4.39 Å². The van der Waals surface area contributed by atoms with Crippen LogP contribution in [-0.4, -0.2) is 0 Å². The first-order valence-corrected chi connectivity index (χ1v) is 6.26. The van der Waals surface area contributed by atoms with E-state index in [1.165, 1.54) is 12.1 Å². The van der Waals surface area contributed by atoms with Gasteiger partial charge in [-0.15, -0.1) is 0 Å². The van der Waals surface area contributed by atoms with Gasteiger partial charge in [-0.2, -0.15) is 0 Å². The van der Waals surface area contributed by atoms with E-state index in [4.69, 9.17) is 23.2 Å². The van der Waals surface area contributed by atoms with Gasteiger partial charge in [-0.3, -0.25) is 0 Å². The Morgan fingerprint density at radius 3 is 2.50 bits per heavy atom. The van der Waals surface area contributed by atoms with Gasteiger partial charge in [0.15, 0.2) is 0 Å². The molecule has 0 saturated carbocycles. The van der Waals surface area contributed by atoms with E-state index < -0.39 is 5.82 Å². The Hall–Kier alpha value is -1.25. The lowest BCUT2D eigenvalue weighted by atomic mass is 10.1. The topological polar surface area (TPSA) is 12.0 Å². The highest BCUT2D eigenvalue weighted by atomic mass is 35.5. The zero-order valence-corrected chi connectivity index (χ0v) is 11.3. The first-order chi connectivity index (χ1) is 8.56. The molecule has 0 aliphatic heterocycles. The molecule has 2 aromatic rings. The van der Waals surface area contributed by atoms with Crippen molar-refractivity contribution in [1.29, 1.82) is 0 Å². The van der Waals surface area contributed by atoms with Gasteiger partial charge in [0.25, 0.3) is 0 Å². The molecule has 0 heterocycles. The largest absolute Gasteiger partial charge is 0.381 e. The summed E-state index contributed by atoms with van der Waals surface area (Å²) in [6.45, 7) is 2.54. The normalized spacial score (nSPS) is 10.4. The van der Waals surface area contributed by atoms with E-state index in [0.29, 0.717) is 12.2 Å². The summed E-state index contributed by atoms with van der Waals surface area (Å²) in [5.74, 6) is -0.427. The molecule has 1 nitrogen and oxygen atoms in total. The van der Waals surface area contributed by atoms with Crippen molar-refractivity contribution in [1.82, 2.24) is 0 Å². The third-order valence-corrected chi connectivity index (χ3v) is 3.37. The Morgan fingerprint density at radius 2 is 1.83 bits per heavy atom. The Morgan fingerprint density at radius 1 is 1.06 bits per heavy atom. The zero-order chi connectivity index (χ0) is 13.1. The average Bonchev–Trinajstić information content (AvgIpc) is 2.35. The maximum atomic E-state index is 13.2. The molecule has 0 amide bonds. The van der Waals surface area contributed by atoms with Crippen LogP contribution in [-0.2, 0) is 6.54 Å². The SMILES string of the molecule is Cc1ccc(CNc2ccc(Cl)c(F)c2)cc1Cl. The molecular formula is C14H12Cl2FN. The van der Waals surface area contributed by atoms with Gasteiger partial charge in [-0.1, -0.05) is 35.3 Å². The maximum Gasteiger partial charge on any atom is 0.143 e. The summed E-state index contributed by atoms with van der Waals surface area (Å²) in [7, 11) is 0. The first kappa shape index (κ1) is 13.2. The van der Waals surface area contributed by atoms with Crippen molar-refractivity contribution in [2.45, 2.75) is 13.5 Å². The highest BCUT2D eigenvalue weighted by Gasteiger charge is 2.02. The van der Waals surface area contributed by atoms with Crippen LogP contribution in [0.1, 0.15) is 11.1 Å². The Kier molecular flexibility index (Phi) is 4.10. The molecule has 2 aromatic carbocycles. The van der Waals surface area contributed by atoms with Crippen LogP contribution in [0.5, 0.6) is 0 Å². The maximum absolute atomic E-state index is 13.2. The van der Waals surface area contributed by atoms with E-state index in [2.05, 4.69) is 5.32 Å². The van der Waals surface area contributed by atoms with Crippen LogP contribution >= 0.6 is 23.2 Å². The molecule has 0 bridgehead atoms. The highest BCUT2D eigenvalue weighted by Crippen LogP contribution is 2.20. The van der Waals surface area contributed by atoms with Gasteiger partial charge < -0.3 is 5.32 Å². The first-order valence-electron chi connectivity index (χ1n) is 5.50. The van der Waals surface area contributed by atoms with Crippen LogP contribution in [0.4, 0.5) is 10.1 Å². The van der Waals surface area contributed by atoms with E-state index in [1.54, 1.807) is 6.07 Å². The standard InChI is InChI=1S/C14H12Cl2FN/c1-9-2-3-10(6-13(9)16)8-18-11-4-5-12(15)14(17)7-11/h2-7,18H,8H2,1H3. The molecule has 94 valence electrons. The molecule has 0 aliphatic carbocycles. The lowest BCUT2D eigenvalue weighted by Crippen LogP contribution is -2.00. The van der Waals surface area contributed by atoms with E-state index in [1.807, 2.05) is 25.1 Å². The van der Waals surface area contributed by atoms with Crippen molar-refractivity contribution in [3.05, 3.63) is 63.4 Å². The van der Waals surface area contributed by atoms with Crippen LogP contribution in [0, 0.1) is 12.7 Å². The summed E-state index contributed by atoms with van der Waals surface area (Å²) < 4.78 is 13.2.